The molecule has 58 heavy (non-hydrogen) atoms. The second-order valence-electron chi connectivity index (χ2n) is 16.5. The molecule has 2 bridgehead atoms. The molecule has 2 aromatic carbocycles. The van der Waals surface area contributed by atoms with Crippen LogP contribution in [0.5, 0.6) is 5.75 Å². The summed E-state index contributed by atoms with van der Waals surface area (Å²) in [5.41, 5.74) is 2.05. The number of aldehydes is 1. The number of fused-ring (bicyclic) bond motifs is 4. The second-order valence-corrected chi connectivity index (χ2v) is 19.0. The lowest BCUT2D eigenvalue weighted by atomic mass is 9.64. The third-order valence-electron chi connectivity index (χ3n) is 13.2. The molecule has 0 radical (unpaired) electrons. The number of carbonyl (C=O) groups is 2. The summed E-state index contributed by atoms with van der Waals surface area (Å²) in [5, 5.41) is 3.23. The van der Waals surface area contributed by atoms with E-state index in [2.05, 4.69) is 38.9 Å². The Morgan fingerprint density at radius 3 is 2.52 bits per heavy atom. The third-order valence-corrected chi connectivity index (χ3v) is 15.3. The number of carbonyl (C=O) groups excluding carboxylic acids is 2. The van der Waals surface area contributed by atoms with Gasteiger partial charge in [0, 0.05) is 81.4 Å². The molecule has 7 rings (SSSR count). The maximum atomic E-state index is 13.4. The molecule has 1 unspecified atom stereocenters. The Labute approximate surface area is 350 Å². The van der Waals surface area contributed by atoms with Crippen molar-refractivity contribution in [2.75, 3.05) is 78.8 Å². The molecule has 2 aromatic rings. The molecule has 7 atom stereocenters. The number of amides is 1. The minimum absolute atomic E-state index is 0.0434. The highest BCUT2D eigenvalue weighted by Crippen LogP contribution is 2.48. The lowest BCUT2D eigenvalue weighted by Gasteiger charge is -2.48. The maximum Gasteiger partial charge on any atom is 0.264 e. The predicted molar refractivity (Wildman–Crippen MR) is 228 cm³/mol. The van der Waals surface area contributed by atoms with Gasteiger partial charge in [0.25, 0.3) is 5.91 Å². The first-order chi connectivity index (χ1) is 27.9. The Balaban J connectivity index is 0.000000390. The minimum Gasteiger partial charge on any atom is -0.490 e. The van der Waals surface area contributed by atoms with Gasteiger partial charge in [0.15, 0.2) is 6.29 Å². The Kier molecular flexibility index (Phi) is 16.2. The van der Waals surface area contributed by atoms with Crippen molar-refractivity contribution >= 4 is 39.5 Å². The Morgan fingerprint density at radius 2 is 1.86 bits per heavy atom. The van der Waals surface area contributed by atoms with Crippen LogP contribution in [0.25, 0.3) is 0 Å². The monoisotopic (exact) mass is 846 g/mol. The van der Waals surface area contributed by atoms with E-state index < -0.39 is 26.8 Å². The first kappa shape index (κ1) is 46.0. The summed E-state index contributed by atoms with van der Waals surface area (Å²) in [5.74, 6) is -0.203. The Bertz CT molecular complexity index is 1840. The Hall–Kier alpha value is -3.07. The molecule has 1 spiro atoms. The molecular formula is C44H64ClFN4O7S. The number of benzene rings is 2. The molecule has 11 nitrogen and oxygen atoms in total. The van der Waals surface area contributed by atoms with Crippen molar-refractivity contribution in [1.82, 2.24) is 14.9 Å². The number of sulfonamides is 1. The summed E-state index contributed by atoms with van der Waals surface area (Å²) < 4.78 is 56.0. The number of allylic oxidation sites excluding steroid dienone is 1. The zero-order valence-electron chi connectivity index (χ0n) is 35.1. The van der Waals surface area contributed by atoms with Crippen molar-refractivity contribution in [2.45, 2.75) is 88.0 Å². The largest absolute Gasteiger partial charge is 0.490 e. The predicted octanol–water partition coefficient (Wildman–Crippen LogP) is 6.37. The molecule has 0 aromatic heterocycles. The number of ether oxygens (including phenoxy) is 3. The summed E-state index contributed by atoms with van der Waals surface area (Å²) in [7, 11) is -0.124. The van der Waals surface area contributed by atoms with Gasteiger partial charge in [-0.25, -0.2) is 13.1 Å². The molecule has 3 aliphatic heterocycles. The molecule has 2 fully saturated rings. The van der Waals surface area contributed by atoms with Crippen LogP contribution in [-0.4, -0.2) is 116 Å². The van der Waals surface area contributed by atoms with Crippen LogP contribution in [0.1, 0.15) is 80.8 Å². The van der Waals surface area contributed by atoms with E-state index in [9.17, 15) is 22.4 Å². The quantitative estimate of drug-likeness (QED) is 0.250. The number of halogens is 2. The molecular weight excluding hydrogens is 783 g/mol. The smallest absolute Gasteiger partial charge is 0.264 e. The van der Waals surface area contributed by atoms with E-state index in [1.165, 1.54) is 30.6 Å². The SMILES string of the molecule is CCC(COC)N1CCNCC1.CF.CO[C@]1(C=O)/C=C/C[C@H](C)[C@@H](C)S(=O)(=O)NC(=O)c2ccc3c(c2)N(C[C@@H]2CC[C@H]21)C[C@@]1(CCCc2cc(Cl)ccc21)CO3. The second kappa shape index (κ2) is 20.5. The van der Waals surface area contributed by atoms with E-state index >= 15 is 0 Å². The van der Waals surface area contributed by atoms with Crippen LogP contribution in [0.3, 0.4) is 0 Å². The highest BCUT2D eigenvalue weighted by molar-refractivity contribution is 7.90. The number of nitrogens with one attached hydrogen (secondary N) is 2. The van der Waals surface area contributed by atoms with Crippen molar-refractivity contribution in [3.63, 3.8) is 0 Å². The van der Waals surface area contributed by atoms with Gasteiger partial charge in [-0.1, -0.05) is 37.6 Å². The number of aryl methyl sites for hydroxylation is 1. The van der Waals surface area contributed by atoms with Gasteiger partial charge in [0.05, 0.1) is 31.3 Å². The van der Waals surface area contributed by atoms with Crippen LogP contribution in [0.4, 0.5) is 10.1 Å². The van der Waals surface area contributed by atoms with Crippen molar-refractivity contribution in [2.24, 2.45) is 17.8 Å². The summed E-state index contributed by atoms with van der Waals surface area (Å²) >= 11 is 6.40. The van der Waals surface area contributed by atoms with E-state index in [4.69, 9.17) is 25.8 Å². The summed E-state index contributed by atoms with van der Waals surface area (Å²) in [6.45, 7) is 12.9. The van der Waals surface area contributed by atoms with Gasteiger partial charge in [-0.3, -0.25) is 18.9 Å². The van der Waals surface area contributed by atoms with Crippen LogP contribution >= 0.6 is 11.6 Å². The molecule has 2 aliphatic carbocycles. The van der Waals surface area contributed by atoms with Gasteiger partial charge < -0.3 is 24.4 Å². The van der Waals surface area contributed by atoms with Crippen LogP contribution in [0, 0.1) is 17.8 Å². The zero-order chi connectivity index (χ0) is 42.1. The van der Waals surface area contributed by atoms with Gasteiger partial charge in [-0.15, -0.1) is 0 Å². The molecule has 3 heterocycles. The van der Waals surface area contributed by atoms with Gasteiger partial charge in [-0.05, 0) is 111 Å². The summed E-state index contributed by atoms with van der Waals surface area (Å²) in [4.78, 5) is 30.9. The molecule has 1 amide bonds. The van der Waals surface area contributed by atoms with Crippen LogP contribution in [0.15, 0.2) is 48.6 Å². The molecule has 5 aliphatic rings. The lowest BCUT2D eigenvalue weighted by molar-refractivity contribution is -0.135. The van der Waals surface area contributed by atoms with E-state index in [0.717, 1.165) is 63.8 Å². The zero-order valence-corrected chi connectivity index (χ0v) is 36.7. The van der Waals surface area contributed by atoms with E-state index in [1.807, 2.05) is 25.1 Å². The number of rotatable bonds is 6. The van der Waals surface area contributed by atoms with Crippen molar-refractivity contribution in [1.29, 1.82) is 0 Å². The van der Waals surface area contributed by atoms with Gasteiger partial charge >= 0.3 is 0 Å². The maximum absolute atomic E-state index is 13.4. The highest BCUT2D eigenvalue weighted by Gasteiger charge is 2.49. The van der Waals surface area contributed by atoms with E-state index in [-0.39, 0.29) is 28.7 Å². The standard InChI is InChI=1S/C34H41ClN2O6S.C9H20N2O.CH3F/c1-22-6-4-15-34(20-38,42-3)29-11-8-26(29)18-37-19-33(14-5-7-24-16-27(35)10-12-28(24)33)21-43-31-13-9-25(17-30(31)37)32(39)36-44(40,41)23(22)2;1-3-9(8-12-2)11-6-4-10-5-7-11;1-2/h4,9-10,12-13,15-17,20,22-23,26,29H,5-8,11,14,18-19,21H2,1-3H3,(H,36,39);9-10H,3-8H2,1-2H3;1H3/b15-4+;;/t22-,23+,26-,29+,33-,34-;;/m0../s1. The first-order valence-electron chi connectivity index (χ1n) is 20.8. The van der Waals surface area contributed by atoms with Crippen LogP contribution < -0.4 is 19.7 Å². The van der Waals surface area contributed by atoms with Crippen LogP contribution in [0.2, 0.25) is 5.02 Å². The van der Waals surface area contributed by atoms with Crippen molar-refractivity contribution in [3.05, 3.63) is 70.3 Å². The number of alkyl halides is 1. The van der Waals surface area contributed by atoms with Crippen molar-refractivity contribution in [3.8, 4) is 5.75 Å². The molecule has 1 saturated heterocycles. The van der Waals surface area contributed by atoms with Crippen molar-refractivity contribution < 1.29 is 36.6 Å². The molecule has 2 N–H and O–H groups in total. The number of piperazine rings is 1. The van der Waals surface area contributed by atoms with E-state index in [1.54, 1.807) is 39.3 Å². The Morgan fingerprint density at radius 1 is 1.10 bits per heavy atom. The number of hydrogen-bond donors (Lipinski definition) is 2. The van der Waals surface area contributed by atoms with Gasteiger partial charge in [0.2, 0.25) is 10.0 Å². The fraction of sp³-hybridized carbons (Fsp3) is 0.636. The highest BCUT2D eigenvalue weighted by atomic mass is 35.5. The number of nitrogens with zero attached hydrogens (tertiary/aromatic N) is 2. The summed E-state index contributed by atoms with van der Waals surface area (Å²) in [6, 6.07) is 11.9. The van der Waals surface area contributed by atoms with Gasteiger partial charge in [0.1, 0.15) is 11.4 Å². The average molecular weight is 848 g/mol. The minimum atomic E-state index is -3.97. The molecule has 322 valence electrons. The normalized spacial score (nSPS) is 30.5. The fourth-order valence-corrected chi connectivity index (χ4v) is 10.9. The first-order valence-corrected chi connectivity index (χ1v) is 22.7. The average Bonchev–Trinajstić information content (AvgIpc) is 3.37. The van der Waals surface area contributed by atoms with E-state index in [0.29, 0.717) is 50.1 Å². The van der Waals surface area contributed by atoms with Gasteiger partial charge in [-0.2, -0.15) is 0 Å². The molecule has 1 saturated carbocycles. The summed E-state index contributed by atoms with van der Waals surface area (Å²) in [6.07, 6.45) is 10.8. The topological polar surface area (TPSA) is 127 Å². The third kappa shape index (κ3) is 10.1. The molecule has 14 heteroatoms. The fourth-order valence-electron chi connectivity index (χ4n) is 9.40. The lowest BCUT2D eigenvalue weighted by Crippen LogP contribution is -2.53. The number of hydrogen-bond acceptors (Lipinski definition) is 10. The number of methoxy groups -OCH3 is 2. The number of anilines is 1. The van der Waals surface area contributed by atoms with Crippen LogP contribution in [-0.2, 0) is 36.1 Å².